The van der Waals surface area contributed by atoms with E-state index in [-0.39, 0.29) is 5.15 Å². The van der Waals surface area contributed by atoms with E-state index in [1.807, 2.05) is 19.9 Å². The molecule has 1 aromatic carbocycles. The molecule has 0 aliphatic rings. The third-order valence-electron chi connectivity index (χ3n) is 4.04. The number of halogens is 3. The highest BCUT2D eigenvalue weighted by molar-refractivity contribution is 6.32. The summed E-state index contributed by atoms with van der Waals surface area (Å²) < 4.78 is 7.52. The summed E-state index contributed by atoms with van der Waals surface area (Å²) in [5, 5.41) is 6.31. The van der Waals surface area contributed by atoms with Gasteiger partial charge in [-0.3, -0.25) is 4.99 Å². The molecule has 4 rings (SSSR count). The summed E-state index contributed by atoms with van der Waals surface area (Å²) in [6.07, 6.45) is 1.62. The van der Waals surface area contributed by atoms with Crippen molar-refractivity contribution in [2.75, 3.05) is 6.54 Å². The van der Waals surface area contributed by atoms with Crippen LogP contribution in [-0.4, -0.2) is 26.3 Å². The summed E-state index contributed by atoms with van der Waals surface area (Å²) in [5.74, 6) is 0.719. The van der Waals surface area contributed by atoms with Crippen molar-refractivity contribution in [1.29, 1.82) is 0 Å². The van der Waals surface area contributed by atoms with Gasteiger partial charge in [-0.05, 0) is 43.7 Å². The van der Waals surface area contributed by atoms with Crippen LogP contribution in [-0.2, 0) is 0 Å². The lowest BCUT2D eigenvalue weighted by molar-refractivity contribution is 0.494. The third kappa shape index (κ3) is 3.39. The van der Waals surface area contributed by atoms with Crippen molar-refractivity contribution in [1.82, 2.24) is 19.7 Å². The van der Waals surface area contributed by atoms with Gasteiger partial charge < -0.3 is 4.42 Å². The zero-order valence-electron chi connectivity index (χ0n) is 14.9. The minimum atomic E-state index is 0.260. The minimum Gasteiger partial charge on any atom is -0.418 e. The highest BCUT2D eigenvalue weighted by Gasteiger charge is 2.19. The number of rotatable bonds is 3. The third-order valence-corrected chi connectivity index (χ3v) is 4.74. The summed E-state index contributed by atoms with van der Waals surface area (Å²) in [7, 11) is 0. The molecular formula is C19H14Cl3N5O. The van der Waals surface area contributed by atoms with Gasteiger partial charge in [0.25, 0.3) is 0 Å². The topological polar surface area (TPSA) is 69.1 Å². The molecule has 28 heavy (non-hydrogen) atoms. The Kier molecular flexibility index (Phi) is 5.10. The van der Waals surface area contributed by atoms with Gasteiger partial charge in [-0.1, -0.05) is 34.8 Å². The number of hydrogen-bond acceptors (Lipinski definition) is 5. The van der Waals surface area contributed by atoms with Gasteiger partial charge in [-0.15, -0.1) is 0 Å². The molecule has 6 nitrogen and oxygen atoms in total. The first kappa shape index (κ1) is 18.9. The second-order valence-corrected chi connectivity index (χ2v) is 7.22. The molecule has 142 valence electrons. The van der Waals surface area contributed by atoms with Gasteiger partial charge in [0, 0.05) is 23.8 Å². The van der Waals surface area contributed by atoms with Crippen LogP contribution in [0.25, 0.3) is 28.3 Å². The Morgan fingerprint density at radius 3 is 2.75 bits per heavy atom. The number of aromatic nitrogens is 4. The molecule has 0 N–H and O–H groups in total. The van der Waals surface area contributed by atoms with Gasteiger partial charge >= 0.3 is 0 Å². The van der Waals surface area contributed by atoms with Crippen LogP contribution in [0.4, 0.5) is 0 Å². The maximum atomic E-state index is 6.30. The first-order valence-electron chi connectivity index (χ1n) is 8.46. The highest BCUT2D eigenvalue weighted by Crippen LogP contribution is 2.28. The van der Waals surface area contributed by atoms with Gasteiger partial charge in [0.05, 0.1) is 15.9 Å². The lowest BCUT2D eigenvalue weighted by Crippen LogP contribution is -2.10. The monoisotopic (exact) mass is 433 g/mol. The van der Waals surface area contributed by atoms with Gasteiger partial charge in [0.15, 0.2) is 11.0 Å². The summed E-state index contributed by atoms with van der Waals surface area (Å²) in [5.41, 5.74) is 2.58. The largest absolute Gasteiger partial charge is 0.418 e. The van der Waals surface area contributed by atoms with Crippen LogP contribution in [0, 0.1) is 6.92 Å². The van der Waals surface area contributed by atoms with Crippen molar-refractivity contribution in [3.05, 3.63) is 62.8 Å². The van der Waals surface area contributed by atoms with Crippen molar-refractivity contribution in [2.24, 2.45) is 4.99 Å². The predicted molar refractivity (Wildman–Crippen MR) is 110 cm³/mol. The van der Waals surface area contributed by atoms with Gasteiger partial charge in [0.1, 0.15) is 5.69 Å². The maximum Gasteiger partial charge on any atom is 0.248 e. The van der Waals surface area contributed by atoms with Crippen LogP contribution >= 0.6 is 34.8 Å². The molecule has 0 saturated heterocycles. The van der Waals surface area contributed by atoms with E-state index >= 15 is 0 Å². The Bertz CT molecular complexity index is 1260. The van der Waals surface area contributed by atoms with E-state index in [0.717, 1.165) is 16.5 Å². The van der Waals surface area contributed by atoms with Crippen LogP contribution in [0.3, 0.4) is 0 Å². The minimum absolute atomic E-state index is 0.260. The molecule has 4 aromatic rings. The zero-order valence-corrected chi connectivity index (χ0v) is 17.2. The predicted octanol–water partition coefficient (Wildman–Crippen LogP) is 5.26. The fourth-order valence-electron chi connectivity index (χ4n) is 2.89. The maximum absolute atomic E-state index is 6.30. The zero-order chi connectivity index (χ0) is 19.8. The molecule has 0 spiro atoms. The molecule has 0 saturated carbocycles. The second kappa shape index (κ2) is 7.54. The molecule has 0 atom stereocenters. The standard InChI is InChI=1S/C19H14Cl3N5O/c1-3-23-18-12-8-11(20)7-10(2)16(12)25-19(28-18)14-9-15(22)26-27(14)17-13(21)5-4-6-24-17/h4-9H,3H2,1-2H3. The van der Waals surface area contributed by atoms with Gasteiger partial charge in [-0.25, -0.2) is 14.6 Å². The van der Waals surface area contributed by atoms with E-state index in [2.05, 4.69) is 20.1 Å². The molecular weight excluding hydrogens is 421 g/mol. The van der Waals surface area contributed by atoms with E-state index in [1.165, 1.54) is 4.68 Å². The molecule has 0 amide bonds. The average molecular weight is 435 g/mol. The smallest absolute Gasteiger partial charge is 0.248 e. The Labute approximate surface area is 175 Å². The molecule has 0 aliphatic carbocycles. The molecule has 3 aromatic heterocycles. The highest BCUT2D eigenvalue weighted by atomic mass is 35.5. The van der Waals surface area contributed by atoms with Crippen LogP contribution in [0.1, 0.15) is 12.5 Å². The lowest BCUT2D eigenvalue weighted by atomic mass is 10.1. The van der Waals surface area contributed by atoms with E-state index in [9.17, 15) is 0 Å². The molecule has 0 bridgehead atoms. The van der Waals surface area contributed by atoms with Crippen molar-refractivity contribution < 1.29 is 4.42 Å². The quantitative estimate of drug-likeness (QED) is 0.441. The van der Waals surface area contributed by atoms with E-state index in [4.69, 9.17) is 39.2 Å². The Morgan fingerprint density at radius 1 is 1.18 bits per heavy atom. The van der Waals surface area contributed by atoms with E-state index < -0.39 is 0 Å². The number of nitrogens with zero attached hydrogens (tertiary/aromatic N) is 5. The fraction of sp³-hybridized carbons (Fsp3) is 0.158. The first-order valence-corrected chi connectivity index (χ1v) is 9.59. The molecule has 3 heterocycles. The summed E-state index contributed by atoms with van der Waals surface area (Å²) in [6.45, 7) is 4.40. The normalized spacial score (nSPS) is 12.1. The van der Waals surface area contributed by atoms with Crippen molar-refractivity contribution in [2.45, 2.75) is 13.8 Å². The summed E-state index contributed by atoms with van der Waals surface area (Å²) in [6, 6.07) is 8.73. The van der Waals surface area contributed by atoms with E-state index in [1.54, 1.807) is 30.5 Å². The van der Waals surface area contributed by atoms with Crippen LogP contribution < -0.4 is 5.55 Å². The SMILES string of the molecule is CCN=c1oc(-c2cc(Cl)nn2-c2ncccc2Cl)nc2c(C)cc(Cl)cc12. The Hall–Kier alpha value is -2.41. The number of hydrogen-bond donors (Lipinski definition) is 0. The molecule has 0 radical (unpaired) electrons. The molecule has 0 aliphatic heterocycles. The number of benzene rings is 1. The van der Waals surface area contributed by atoms with Crippen LogP contribution in [0.2, 0.25) is 15.2 Å². The second-order valence-electron chi connectivity index (χ2n) is 5.99. The molecule has 9 heteroatoms. The Morgan fingerprint density at radius 2 is 2.00 bits per heavy atom. The van der Waals surface area contributed by atoms with Crippen LogP contribution in [0.5, 0.6) is 0 Å². The summed E-state index contributed by atoms with van der Waals surface area (Å²) >= 11 is 18.7. The number of pyridine rings is 1. The van der Waals surface area contributed by atoms with E-state index in [0.29, 0.717) is 39.5 Å². The summed E-state index contributed by atoms with van der Waals surface area (Å²) in [4.78, 5) is 13.4. The Balaban J connectivity index is 2.04. The van der Waals surface area contributed by atoms with Gasteiger partial charge in [0.2, 0.25) is 11.4 Å². The number of fused-ring (bicyclic) bond motifs is 1. The van der Waals surface area contributed by atoms with Gasteiger partial charge in [-0.2, -0.15) is 5.10 Å². The van der Waals surface area contributed by atoms with Crippen molar-refractivity contribution >= 4 is 45.7 Å². The molecule has 0 fully saturated rings. The lowest BCUT2D eigenvalue weighted by Gasteiger charge is -2.09. The fourth-order valence-corrected chi connectivity index (χ4v) is 3.54. The number of aryl methyl sites for hydroxylation is 1. The first-order chi connectivity index (χ1) is 13.5. The average Bonchev–Trinajstić information content (AvgIpc) is 3.04. The molecule has 0 unspecified atom stereocenters. The van der Waals surface area contributed by atoms with Crippen molar-refractivity contribution in [3.63, 3.8) is 0 Å². The van der Waals surface area contributed by atoms with Crippen LogP contribution in [0.15, 0.2) is 45.9 Å². The van der Waals surface area contributed by atoms with Crippen molar-refractivity contribution in [3.8, 4) is 17.4 Å².